The first-order valence-electron chi connectivity index (χ1n) is 10.4. The van der Waals surface area contributed by atoms with Crippen molar-refractivity contribution in [3.8, 4) is 0 Å². The van der Waals surface area contributed by atoms with Crippen molar-refractivity contribution in [3.05, 3.63) is 49.9 Å². The molecule has 1 saturated heterocycles. The summed E-state index contributed by atoms with van der Waals surface area (Å²) in [6.07, 6.45) is 0.803. The minimum Gasteiger partial charge on any atom is -0.480 e. The number of nitrogens with one attached hydrogen (secondary N) is 1. The fourth-order valence-corrected chi connectivity index (χ4v) is 9.41. The molecule has 2 aromatic rings. The molecule has 0 radical (unpaired) electrons. The molecule has 9 heteroatoms. The number of amides is 2. The number of hydrogen-bond donors (Lipinski definition) is 2. The number of thioether (sulfide) groups is 1. The quantitative estimate of drug-likeness (QED) is 0.687. The average molecular weight is 457 g/mol. The SMILES string of the molecule is Cc1ccc([C@@H]2c3sc(=O)[nH]c3S[C@@H]3[C@H]4C[C@@H]([C@@H]5C(=O)N(CC(=O)O)C(=O)[C@H]45)[C@@H]23)cc1. The standard InChI is InChI=1S/C22H20N2O5S2/c1-8-2-4-9(5-3-8)13-14-10-6-11(17(14)30-19-18(13)31-22(29)23-19)16-15(10)20(27)24(21(16)28)7-12(25)26/h2-5,10-11,13-17H,6-7H2,1H3,(H,23,29)(H,25,26)/t10-,11+,13+,14+,15+,16-,17-/m1/s1. The first kappa shape index (κ1) is 19.3. The smallest absolute Gasteiger partial charge is 0.323 e. The molecule has 0 spiro atoms. The zero-order valence-electron chi connectivity index (χ0n) is 16.6. The van der Waals surface area contributed by atoms with Crippen LogP contribution in [0, 0.1) is 36.5 Å². The van der Waals surface area contributed by atoms with Crippen LogP contribution >= 0.6 is 23.1 Å². The number of carboxylic acids is 1. The summed E-state index contributed by atoms with van der Waals surface area (Å²) < 4.78 is 0. The summed E-state index contributed by atoms with van der Waals surface area (Å²) in [5, 5.41) is 10.2. The molecule has 2 aliphatic heterocycles. The van der Waals surface area contributed by atoms with Crippen molar-refractivity contribution in [1.29, 1.82) is 0 Å². The highest BCUT2D eigenvalue weighted by atomic mass is 32.2. The molecule has 3 fully saturated rings. The summed E-state index contributed by atoms with van der Waals surface area (Å²) >= 11 is 2.87. The van der Waals surface area contributed by atoms with E-state index in [2.05, 4.69) is 29.2 Å². The number of carboxylic acid groups (broad SMARTS) is 1. The maximum atomic E-state index is 13.1. The lowest BCUT2D eigenvalue weighted by molar-refractivity contribution is -0.149. The lowest BCUT2D eigenvalue weighted by Crippen LogP contribution is -2.42. The van der Waals surface area contributed by atoms with Gasteiger partial charge in [0, 0.05) is 16.0 Å². The Morgan fingerprint density at radius 2 is 1.81 bits per heavy atom. The van der Waals surface area contributed by atoms with Crippen LogP contribution in [0.3, 0.4) is 0 Å². The number of benzene rings is 1. The Bertz CT molecular complexity index is 1190. The molecule has 3 heterocycles. The van der Waals surface area contributed by atoms with Gasteiger partial charge in [-0.15, -0.1) is 11.8 Å². The van der Waals surface area contributed by atoms with Crippen LogP contribution in [0.25, 0.3) is 0 Å². The van der Waals surface area contributed by atoms with Crippen LogP contribution in [0.5, 0.6) is 0 Å². The first-order chi connectivity index (χ1) is 14.8. The van der Waals surface area contributed by atoms with Gasteiger partial charge < -0.3 is 10.1 Å². The second-order valence-electron chi connectivity index (χ2n) is 9.03. The predicted octanol–water partition coefficient (Wildman–Crippen LogP) is 2.30. The van der Waals surface area contributed by atoms with Gasteiger partial charge in [0.2, 0.25) is 11.8 Å². The third-order valence-corrected chi connectivity index (χ3v) is 10.1. The Kier molecular flexibility index (Phi) is 4.08. The summed E-state index contributed by atoms with van der Waals surface area (Å²) in [4.78, 5) is 54.4. The van der Waals surface area contributed by atoms with E-state index in [1.807, 2.05) is 6.92 Å². The molecule has 2 N–H and O–H groups in total. The van der Waals surface area contributed by atoms with E-state index in [0.717, 1.165) is 32.4 Å². The number of thiazole rings is 1. The summed E-state index contributed by atoms with van der Waals surface area (Å²) in [5.74, 6) is -2.54. The maximum absolute atomic E-state index is 13.1. The van der Waals surface area contributed by atoms with Gasteiger partial charge in [0.15, 0.2) is 0 Å². The van der Waals surface area contributed by atoms with Crippen LogP contribution in [0.4, 0.5) is 0 Å². The molecule has 2 bridgehead atoms. The van der Waals surface area contributed by atoms with E-state index in [1.54, 1.807) is 11.8 Å². The van der Waals surface area contributed by atoms with E-state index in [9.17, 15) is 24.3 Å². The second-order valence-corrected chi connectivity index (χ2v) is 11.2. The molecule has 1 aromatic heterocycles. The average Bonchev–Trinajstić information content (AvgIpc) is 3.44. The molecular formula is C22H20N2O5S2. The third-order valence-electron chi connectivity index (χ3n) is 7.55. The van der Waals surface area contributed by atoms with Gasteiger partial charge in [-0.3, -0.25) is 24.1 Å². The molecule has 31 heavy (non-hydrogen) atoms. The maximum Gasteiger partial charge on any atom is 0.323 e. The Labute approximate surface area is 185 Å². The van der Waals surface area contributed by atoms with Crippen LogP contribution in [0.15, 0.2) is 34.1 Å². The number of fused-ring (bicyclic) bond motifs is 9. The van der Waals surface area contributed by atoms with E-state index < -0.39 is 24.3 Å². The number of nitrogens with zero attached hydrogens (tertiary/aromatic N) is 1. The molecule has 6 rings (SSSR count). The minimum atomic E-state index is -1.17. The number of aromatic amines is 1. The van der Waals surface area contributed by atoms with Gasteiger partial charge in [0.1, 0.15) is 6.54 Å². The predicted molar refractivity (Wildman–Crippen MR) is 114 cm³/mol. The van der Waals surface area contributed by atoms with Gasteiger partial charge in [0.25, 0.3) is 0 Å². The van der Waals surface area contributed by atoms with Gasteiger partial charge in [-0.2, -0.15) is 0 Å². The molecule has 2 saturated carbocycles. The minimum absolute atomic E-state index is 0.00169. The zero-order valence-corrected chi connectivity index (χ0v) is 18.2. The number of likely N-dealkylation sites (tertiary alicyclic amines) is 1. The first-order valence-corrected chi connectivity index (χ1v) is 12.1. The normalized spacial score (nSPS) is 35.3. The summed E-state index contributed by atoms with van der Waals surface area (Å²) in [6.45, 7) is 1.47. The lowest BCUT2D eigenvalue weighted by Gasteiger charge is -2.43. The highest BCUT2D eigenvalue weighted by molar-refractivity contribution is 8.00. The van der Waals surface area contributed by atoms with Gasteiger partial charge in [-0.25, -0.2) is 0 Å². The highest BCUT2D eigenvalue weighted by Gasteiger charge is 2.69. The number of imide groups is 1. The van der Waals surface area contributed by atoms with Crippen molar-refractivity contribution in [2.24, 2.45) is 29.6 Å². The van der Waals surface area contributed by atoms with Crippen molar-refractivity contribution in [2.45, 2.75) is 29.5 Å². The molecule has 7 atom stereocenters. The molecule has 2 amide bonds. The van der Waals surface area contributed by atoms with E-state index in [-0.39, 0.29) is 45.6 Å². The van der Waals surface area contributed by atoms with E-state index >= 15 is 0 Å². The summed E-state index contributed by atoms with van der Waals surface area (Å²) in [7, 11) is 0. The van der Waals surface area contributed by atoms with E-state index in [0.29, 0.717) is 0 Å². The Balaban J connectivity index is 1.45. The van der Waals surface area contributed by atoms with Gasteiger partial charge in [-0.05, 0) is 36.7 Å². The molecule has 160 valence electrons. The highest BCUT2D eigenvalue weighted by Crippen LogP contribution is 2.68. The van der Waals surface area contributed by atoms with Crippen molar-refractivity contribution in [1.82, 2.24) is 9.88 Å². The Hall–Kier alpha value is -2.39. The fourth-order valence-electron chi connectivity index (χ4n) is 6.52. The molecule has 2 aliphatic carbocycles. The van der Waals surface area contributed by atoms with Crippen LogP contribution in [-0.2, 0) is 14.4 Å². The van der Waals surface area contributed by atoms with E-state index in [1.165, 1.54) is 11.3 Å². The number of hydrogen-bond acceptors (Lipinski definition) is 6. The summed E-state index contributed by atoms with van der Waals surface area (Å²) in [5.41, 5.74) is 2.28. The van der Waals surface area contributed by atoms with Crippen molar-refractivity contribution >= 4 is 40.9 Å². The Morgan fingerprint density at radius 1 is 1.13 bits per heavy atom. The molecule has 7 nitrogen and oxygen atoms in total. The van der Waals surface area contributed by atoms with Gasteiger partial charge >= 0.3 is 10.8 Å². The van der Waals surface area contributed by atoms with E-state index in [4.69, 9.17) is 0 Å². The number of aryl methyl sites for hydroxylation is 1. The molecule has 1 aromatic carbocycles. The third kappa shape index (κ3) is 2.59. The second kappa shape index (κ2) is 6.56. The zero-order chi connectivity index (χ0) is 21.6. The van der Waals surface area contributed by atoms with Crippen LogP contribution < -0.4 is 4.87 Å². The van der Waals surface area contributed by atoms with Crippen LogP contribution in [0.2, 0.25) is 0 Å². The van der Waals surface area contributed by atoms with Gasteiger partial charge in [-0.1, -0.05) is 41.2 Å². The molecular weight excluding hydrogens is 436 g/mol. The monoisotopic (exact) mass is 456 g/mol. The molecule has 4 aliphatic rings. The van der Waals surface area contributed by atoms with Crippen LogP contribution in [0.1, 0.15) is 28.3 Å². The lowest BCUT2D eigenvalue weighted by atomic mass is 9.68. The number of H-pyrrole nitrogens is 1. The Morgan fingerprint density at radius 3 is 2.48 bits per heavy atom. The van der Waals surface area contributed by atoms with Crippen molar-refractivity contribution in [3.63, 3.8) is 0 Å². The number of carbonyl (C=O) groups is 3. The van der Waals surface area contributed by atoms with Crippen LogP contribution in [-0.4, -0.2) is 44.6 Å². The van der Waals surface area contributed by atoms with Crippen molar-refractivity contribution in [2.75, 3.05) is 6.54 Å². The van der Waals surface area contributed by atoms with Gasteiger partial charge in [0.05, 0.1) is 16.9 Å². The largest absolute Gasteiger partial charge is 0.480 e. The topological polar surface area (TPSA) is 108 Å². The fraction of sp³-hybridized carbons (Fsp3) is 0.455. The van der Waals surface area contributed by atoms with Crippen molar-refractivity contribution < 1.29 is 19.5 Å². The number of aliphatic carboxylic acids is 1. The number of carbonyl (C=O) groups excluding carboxylic acids is 2. The number of aromatic nitrogens is 1. The molecule has 0 unspecified atom stereocenters. The summed E-state index contributed by atoms with van der Waals surface area (Å²) in [6, 6.07) is 8.33. The number of rotatable bonds is 3.